The molecule has 13 heavy (non-hydrogen) atoms. The average Bonchev–Trinajstić information content (AvgIpc) is 2.12. The number of anilines is 2. The summed E-state index contributed by atoms with van der Waals surface area (Å²) in [5.74, 6) is 0.658. The fourth-order valence-electron chi connectivity index (χ4n) is 1.37. The number of hydrogen-bond acceptors (Lipinski definition) is 4. The molecule has 0 radical (unpaired) electrons. The standard InChI is InChI=1S/C9H13N3O/c1-5-3-11-8-6(2)7(10)4-12-9(8)13-5/h4-5,11H,3,10H2,1-2H3. The van der Waals surface area contributed by atoms with Crippen LogP contribution in [0.1, 0.15) is 12.5 Å². The first-order valence-electron chi connectivity index (χ1n) is 4.34. The predicted octanol–water partition coefficient (Wildman–Crippen LogP) is 1.17. The topological polar surface area (TPSA) is 60.2 Å². The van der Waals surface area contributed by atoms with Crippen molar-refractivity contribution in [3.05, 3.63) is 11.8 Å². The second kappa shape index (κ2) is 2.80. The molecule has 0 fully saturated rings. The molecule has 2 rings (SSSR count). The predicted molar refractivity (Wildman–Crippen MR) is 52.0 cm³/mol. The van der Waals surface area contributed by atoms with Crippen LogP contribution in [0.5, 0.6) is 5.88 Å². The van der Waals surface area contributed by atoms with E-state index in [1.165, 1.54) is 0 Å². The summed E-state index contributed by atoms with van der Waals surface area (Å²) in [6.45, 7) is 4.77. The summed E-state index contributed by atoms with van der Waals surface area (Å²) < 4.78 is 5.54. The molecule has 1 aromatic rings. The van der Waals surface area contributed by atoms with Gasteiger partial charge in [0.2, 0.25) is 5.88 Å². The molecule has 4 nitrogen and oxygen atoms in total. The van der Waals surface area contributed by atoms with Crippen molar-refractivity contribution in [2.45, 2.75) is 20.0 Å². The number of nitrogens with zero attached hydrogens (tertiary/aromatic N) is 1. The van der Waals surface area contributed by atoms with Crippen LogP contribution >= 0.6 is 0 Å². The van der Waals surface area contributed by atoms with E-state index < -0.39 is 0 Å². The Morgan fingerprint density at radius 2 is 2.46 bits per heavy atom. The van der Waals surface area contributed by atoms with Crippen molar-refractivity contribution < 1.29 is 4.74 Å². The molecule has 0 amide bonds. The van der Waals surface area contributed by atoms with Crippen LogP contribution in [-0.4, -0.2) is 17.6 Å². The number of nitrogen functional groups attached to an aromatic ring is 1. The van der Waals surface area contributed by atoms with Crippen molar-refractivity contribution in [1.29, 1.82) is 0 Å². The van der Waals surface area contributed by atoms with Crippen molar-refractivity contribution in [2.75, 3.05) is 17.6 Å². The zero-order valence-corrected chi connectivity index (χ0v) is 7.79. The van der Waals surface area contributed by atoms with Crippen molar-refractivity contribution >= 4 is 11.4 Å². The van der Waals surface area contributed by atoms with Gasteiger partial charge >= 0.3 is 0 Å². The molecule has 0 saturated carbocycles. The van der Waals surface area contributed by atoms with Crippen LogP contribution in [0.3, 0.4) is 0 Å². The van der Waals surface area contributed by atoms with E-state index in [4.69, 9.17) is 10.5 Å². The maximum atomic E-state index is 5.72. The van der Waals surface area contributed by atoms with Crippen molar-refractivity contribution in [1.82, 2.24) is 4.98 Å². The molecule has 0 spiro atoms. The third kappa shape index (κ3) is 1.28. The van der Waals surface area contributed by atoms with E-state index in [-0.39, 0.29) is 6.10 Å². The highest BCUT2D eigenvalue weighted by Crippen LogP contribution is 2.32. The number of rotatable bonds is 0. The molecule has 3 N–H and O–H groups in total. The Hall–Kier alpha value is -1.45. The quantitative estimate of drug-likeness (QED) is 0.627. The number of aromatic nitrogens is 1. The van der Waals surface area contributed by atoms with Gasteiger partial charge in [-0.15, -0.1) is 0 Å². The lowest BCUT2D eigenvalue weighted by atomic mass is 10.2. The summed E-state index contributed by atoms with van der Waals surface area (Å²) >= 11 is 0. The lowest BCUT2D eigenvalue weighted by Gasteiger charge is -2.25. The van der Waals surface area contributed by atoms with Gasteiger partial charge in [-0.2, -0.15) is 0 Å². The SMILES string of the molecule is Cc1c(N)cnc2c1NCC(C)O2. The highest BCUT2D eigenvalue weighted by molar-refractivity contribution is 5.67. The van der Waals surface area contributed by atoms with Crippen LogP contribution in [0.4, 0.5) is 11.4 Å². The molecule has 0 aromatic carbocycles. The van der Waals surface area contributed by atoms with Gasteiger partial charge in [-0.25, -0.2) is 4.98 Å². The first-order chi connectivity index (χ1) is 6.18. The molecule has 2 heterocycles. The van der Waals surface area contributed by atoms with Crippen LogP contribution in [-0.2, 0) is 0 Å². The molecule has 1 aliphatic rings. The van der Waals surface area contributed by atoms with Crippen LogP contribution in [0.25, 0.3) is 0 Å². The Kier molecular flexibility index (Phi) is 1.76. The van der Waals surface area contributed by atoms with Gasteiger partial charge in [-0.05, 0) is 13.8 Å². The summed E-state index contributed by atoms with van der Waals surface area (Å²) in [7, 11) is 0. The highest BCUT2D eigenvalue weighted by atomic mass is 16.5. The molecule has 1 aliphatic heterocycles. The fraction of sp³-hybridized carbons (Fsp3) is 0.444. The Bertz CT molecular complexity index is 338. The molecular formula is C9H13N3O. The minimum Gasteiger partial charge on any atom is -0.471 e. The van der Waals surface area contributed by atoms with E-state index in [9.17, 15) is 0 Å². The van der Waals surface area contributed by atoms with Gasteiger partial charge < -0.3 is 15.8 Å². The number of hydrogen-bond donors (Lipinski definition) is 2. The largest absolute Gasteiger partial charge is 0.471 e. The average molecular weight is 179 g/mol. The van der Waals surface area contributed by atoms with Crippen molar-refractivity contribution in [3.8, 4) is 5.88 Å². The monoisotopic (exact) mass is 179 g/mol. The zero-order chi connectivity index (χ0) is 9.42. The molecule has 70 valence electrons. The molecule has 0 bridgehead atoms. The summed E-state index contributed by atoms with van der Waals surface area (Å²) in [6, 6.07) is 0. The summed E-state index contributed by atoms with van der Waals surface area (Å²) in [5, 5.41) is 3.25. The summed E-state index contributed by atoms with van der Waals surface area (Å²) in [6.07, 6.45) is 1.80. The van der Waals surface area contributed by atoms with E-state index in [2.05, 4.69) is 10.3 Å². The lowest BCUT2D eigenvalue weighted by Crippen LogP contribution is -2.29. The maximum absolute atomic E-state index is 5.72. The normalized spacial score (nSPS) is 20.0. The Balaban J connectivity index is 2.47. The van der Waals surface area contributed by atoms with E-state index in [1.54, 1.807) is 6.20 Å². The Labute approximate surface area is 77.1 Å². The van der Waals surface area contributed by atoms with Crippen LogP contribution in [0.2, 0.25) is 0 Å². The van der Waals surface area contributed by atoms with Gasteiger partial charge in [0.25, 0.3) is 0 Å². The van der Waals surface area contributed by atoms with Gasteiger partial charge in [0, 0.05) is 5.56 Å². The first-order valence-corrected chi connectivity index (χ1v) is 4.34. The smallest absolute Gasteiger partial charge is 0.238 e. The molecule has 1 atom stereocenters. The van der Waals surface area contributed by atoms with E-state index in [0.717, 1.165) is 17.8 Å². The van der Waals surface area contributed by atoms with Crippen LogP contribution in [0.15, 0.2) is 6.20 Å². The minimum atomic E-state index is 0.169. The van der Waals surface area contributed by atoms with E-state index in [0.29, 0.717) is 11.6 Å². The zero-order valence-electron chi connectivity index (χ0n) is 7.79. The second-order valence-corrected chi connectivity index (χ2v) is 3.33. The van der Waals surface area contributed by atoms with Gasteiger partial charge in [0.05, 0.1) is 18.4 Å². The summed E-state index contributed by atoms with van der Waals surface area (Å²) in [4.78, 5) is 4.12. The van der Waals surface area contributed by atoms with Crippen molar-refractivity contribution in [3.63, 3.8) is 0 Å². The second-order valence-electron chi connectivity index (χ2n) is 3.33. The molecule has 0 saturated heterocycles. The fourth-order valence-corrected chi connectivity index (χ4v) is 1.37. The molecule has 1 unspecified atom stereocenters. The molecule has 1 aromatic heterocycles. The lowest BCUT2D eigenvalue weighted by molar-refractivity contribution is 0.216. The van der Waals surface area contributed by atoms with Gasteiger partial charge in [0.15, 0.2) is 0 Å². The van der Waals surface area contributed by atoms with Gasteiger partial charge in [-0.3, -0.25) is 0 Å². The third-order valence-corrected chi connectivity index (χ3v) is 2.22. The number of nitrogens with two attached hydrogens (primary N) is 1. The molecule has 0 aliphatic carbocycles. The number of nitrogens with one attached hydrogen (secondary N) is 1. The van der Waals surface area contributed by atoms with Crippen LogP contribution in [0, 0.1) is 6.92 Å². The van der Waals surface area contributed by atoms with E-state index >= 15 is 0 Å². The number of fused-ring (bicyclic) bond motifs is 1. The highest BCUT2D eigenvalue weighted by Gasteiger charge is 2.19. The van der Waals surface area contributed by atoms with E-state index in [1.807, 2.05) is 13.8 Å². The number of ether oxygens (including phenoxy) is 1. The Morgan fingerprint density at radius 1 is 1.69 bits per heavy atom. The molecule has 4 heteroatoms. The minimum absolute atomic E-state index is 0.169. The molecular weight excluding hydrogens is 166 g/mol. The maximum Gasteiger partial charge on any atom is 0.238 e. The number of pyridine rings is 1. The van der Waals surface area contributed by atoms with Gasteiger partial charge in [-0.1, -0.05) is 0 Å². The third-order valence-electron chi connectivity index (χ3n) is 2.22. The van der Waals surface area contributed by atoms with Crippen molar-refractivity contribution in [2.24, 2.45) is 0 Å². The first kappa shape index (κ1) is 8.16. The Morgan fingerprint density at radius 3 is 3.23 bits per heavy atom. The summed E-state index contributed by atoms with van der Waals surface area (Å²) in [5.41, 5.74) is 8.36. The van der Waals surface area contributed by atoms with Crippen LogP contribution < -0.4 is 15.8 Å². The van der Waals surface area contributed by atoms with Gasteiger partial charge in [0.1, 0.15) is 11.8 Å².